The van der Waals surface area contributed by atoms with Gasteiger partial charge in [-0.15, -0.1) is 0 Å². The highest BCUT2D eigenvalue weighted by Crippen LogP contribution is 2.17. The molecule has 0 aromatic rings. The molecule has 1 amide bonds. The van der Waals surface area contributed by atoms with E-state index in [-0.39, 0.29) is 17.5 Å². The van der Waals surface area contributed by atoms with Crippen LogP contribution in [0.25, 0.3) is 0 Å². The summed E-state index contributed by atoms with van der Waals surface area (Å²) < 4.78 is 0. The molecule has 0 bridgehead atoms. The highest BCUT2D eigenvalue weighted by Gasteiger charge is 2.37. The van der Waals surface area contributed by atoms with Crippen molar-refractivity contribution >= 4 is 5.91 Å². The van der Waals surface area contributed by atoms with Gasteiger partial charge in [-0.1, -0.05) is 0 Å². The first-order valence-corrected chi connectivity index (χ1v) is 4.56. The Hall–Kier alpha value is -0.610. The molecule has 0 aliphatic carbocycles. The molecule has 1 aliphatic heterocycles. The van der Waals surface area contributed by atoms with Crippen LogP contribution in [0.15, 0.2) is 0 Å². The van der Waals surface area contributed by atoms with Crippen molar-refractivity contribution in [1.82, 2.24) is 9.80 Å². The molecule has 1 atom stereocenters. The minimum Gasteiger partial charge on any atom is -0.337 e. The molecule has 0 aromatic carbocycles. The van der Waals surface area contributed by atoms with Crippen LogP contribution in [0.4, 0.5) is 0 Å². The molecule has 1 rings (SSSR count). The number of hydrogen-bond donors (Lipinski definition) is 1. The summed E-state index contributed by atoms with van der Waals surface area (Å²) in [4.78, 5) is 15.2. The molecule has 1 aliphatic rings. The molecule has 1 saturated heterocycles. The summed E-state index contributed by atoms with van der Waals surface area (Å²) in [6.07, 6.45) is 0. The molecular formula is C9H19N3O. The molecule has 0 spiro atoms. The first-order chi connectivity index (χ1) is 5.84. The molecule has 0 aromatic heterocycles. The van der Waals surface area contributed by atoms with Crippen molar-refractivity contribution in [1.29, 1.82) is 0 Å². The summed E-state index contributed by atoms with van der Waals surface area (Å²) >= 11 is 0. The van der Waals surface area contributed by atoms with E-state index in [0.717, 1.165) is 6.54 Å². The van der Waals surface area contributed by atoms with Crippen molar-refractivity contribution in [3.05, 3.63) is 0 Å². The van der Waals surface area contributed by atoms with Gasteiger partial charge in [0, 0.05) is 18.6 Å². The van der Waals surface area contributed by atoms with Crippen LogP contribution in [-0.2, 0) is 4.79 Å². The Balaban J connectivity index is 2.46. The number of nitrogens with zero attached hydrogens (tertiary/aromatic N) is 2. The van der Waals surface area contributed by atoms with Crippen LogP contribution in [-0.4, -0.2) is 54.5 Å². The van der Waals surface area contributed by atoms with Gasteiger partial charge < -0.3 is 15.5 Å². The van der Waals surface area contributed by atoms with E-state index in [1.165, 1.54) is 0 Å². The van der Waals surface area contributed by atoms with Crippen LogP contribution in [0.1, 0.15) is 13.8 Å². The largest absolute Gasteiger partial charge is 0.337 e. The van der Waals surface area contributed by atoms with Gasteiger partial charge in [-0.05, 0) is 27.9 Å². The van der Waals surface area contributed by atoms with Gasteiger partial charge in [0.2, 0.25) is 5.91 Å². The molecule has 13 heavy (non-hydrogen) atoms. The summed E-state index contributed by atoms with van der Waals surface area (Å²) in [5, 5.41) is 0. The standard InChI is InChI=1S/C9H19N3O/c1-9(2,11(3)4)6-12-5-7(10)8(12)13/h7H,5-6,10H2,1-4H3. The van der Waals surface area contributed by atoms with Crippen LogP contribution < -0.4 is 5.73 Å². The van der Waals surface area contributed by atoms with E-state index in [0.29, 0.717) is 6.54 Å². The van der Waals surface area contributed by atoms with E-state index in [9.17, 15) is 4.79 Å². The fourth-order valence-corrected chi connectivity index (χ4v) is 1.28. The van der Waals surface area contributed by atoms with Gasteiger partial charge in [-0.3, -0.25) is 4.79 Å². The predicted octanol–water partition coefficient (Wildman–Crippen LogP) is -0.504. The highest BCUT2D eigenvalue weighted by atomic mass is 16.2. The number of rotatable bonds is 3. The summed E-state index contributed by atoms with van der Waals surface area (Å²) in [5.41, 5.74) is 5.53. The van der Waals surface area contributed by atoms with Crippen LogP contribution in [0.3, 0.4) is 0 Å². The van der Waals surface area contributed by atoms with E-state index in [2.05, 4.69) is 18.7 Å². The number of nitrogens with two attached hydrogens (primary N) is 1. The van der Waals surface area contributed by atoms with Crippen molar-refractivity contribution in [3.8, 4) is 0 Å². The van der Waals surface area contributed by atoms with E-state index < -0.39 is 0 Å². The average molecular weight is 185 g/mol. The minimum atomic E-state index is -0.252. The fourth-order valence-electron chi connectivity index (χ4n) is 1.28. The van der Waals surface area contributed by atoms with Gasteiger partial charge in [-0.2, -0.15) is 0 Å². The molecule has 0 saturated carbocycles. The second-order valence-corrected chi connectivity index (χ2v) is 4.53. The smallest absolute Gasteiger partial charge is 0.241 e. The summed E-state index contributed by atoms with van der Waals surface area (Å²) in [7, 11) is 4.04. The van der Waals surface area contributed by atoms with Gasteiger partial charge >= 0.3 is 0 Å². The van der Waals surface area contributed by atoms with E-state index in [1.54, 1.807) is 0 Å². The van der Waals surface area contributed by atoms with Gasteiger partial charge in [0.25, 0.3) is 0 Å². The number of carbonyl (C=O) groups excluding carboxylic acids is 1. The van der Waals surface area contributed by atoms with Gasteiger partial charge in [0.15, 0.2) is 0 Å². The van der Waals surface area contributed by atoms with Crippen molar-refractivity contribution in [2.45, 2.75) is 25.4 Å². The number of β-lactam (4-membered cyclic amide) rings is 1. The molecule has 4 heteroatoms. The van der Waals surface area contributed by atoms with Crippen LogP contribution in [0.5, 0.6) is 0 Å². The third-order valence-corrected chi connectivity index (χ3v) is 2.83. The van der Waals surface area contributed by atoms with E-state index in [4.69, 9.17) is 5.73 Å². The van der Waals surface area contributed by atoms with Crippen molar-refractivity contribution in [2.75, 3.05) is 27.2 Å². The Labute approximate surface area is 79.7 Å². The van der Waals surface area contributed by atoms with Crippen molar-refractivity contribution < 1.29 is 4.79 Å². The van der Waals surface area contributed by atoms with Crippen molar-refractivity contribution in [3.63, 3.8) is 0 Å². The first-order valence-electron chi connectivity index (χ1n) is 4.56. The third kappa shape index (κ3) is 2.00. The molecule has 1 unspecified atom stereocenters. The summed E-state index contributed by atoms with van der Waals surface area (Å²) in [6.45, 7) is 5.69. The lowest BCUT2D eigenvalue weighted by Gasteiger charge is -2.43. The highest BCUT2D eigenvalue weighted by molar-refractivity contribution is 5.87. The number of amides is 1. The lowest BCUT2D eigenvalue weighted by atomic mass is 9.99. The number of likely N-dealkylation sites (N-methyl/N-ethyl adjacent to an activating group) is 1. The maximum Gasteiger partial charge on any atom is 0.241 e. The molecule has 2 N–H and O–H groups in total. The number of likely N-dealkylation sites (tertiary alicyclic amines) is 1. The molecule has 4 nitrogen and oxygen atoms in total. The van der Waals surface area contributed by atoms with Gasteiger partial charge in [-0.25, -0.2) is 0 Å². The zero-order valence-corrected chi connectivity index (χ0v) is 8.87. The minimum absolute atomic E-state index is 0.0236. The average Bonchev–Trinajstić information content (AvgIpc) is 2.03. The lowest BCUT2D eigenvalue weighted by Crippen LogP contribution is -2.65. The predicted molar refractivity (Wildman–Crippen MR) is 52.3 cm³/mol. The Morgan fingerprint density at radius 3 is 2.46 bits per heavy atom. The number of hydrogen-bond acceptors (Lipinski definition) is 3. The topological polar surface area (TPSA) is 49.6 Å². The summed E-state index contributed by atoms with van der Waals surface area (Å²) in [5.74, 6) is 0.0786. The molecule has 1 heterocycles. The second-order valence-electron chi connectivity index (χ2n) is 4.53. The monoisotopic (exact) mass is 185 g/mol. The van der Waals surface area contributed by atoms with Crippen LogP contribution in [0.2, 0.25) is 0 Å². The first kappa shape index (κ1) is 10.5. The second kappa shape index (κ2) is 3.27. The number of carbonyl (C=O) groups is 1. The lowest BCUT2D eigenvalue weighted by molar-refractivity contribution is -0.144. The summed E-state index contributed by atoms with van der Waals surface area (Å²) in [6, 6.07) is -0.252. The van der Waals surface area contributed by atoms with Gasteiger partial charge in [0.1, 0.15) is 6.04 Å². The zero-order valence-electron chi connectivity index (χ0n) is 8.87. The quantitative estimate of drug-likeness (QED) is 0.603. The maximum absolute atomic E-state index is 11.2. The molecule has 1 fully saturated rings. The molecule has 0 radical (unpaired) electrons. The van der Waals surface area contributed by atoms with E-state index in [1.807, 2.05) is 19.0 Å². The SMILES string of the molecule is CN(C)C(C)(C)CN1CC(N)C1=O. The zero-order chi connectivity index (χ0) is 10.2. The fraction of sp³-hybridized carbons (Fsp3) is 0.889. The Morgan fingerprint density at radius 1 is 1.62 bits per heavy atom. The Morgan fingerprint density at radius 2 is 2.15 bits per heavy atom. The Kier molecular flexibility index (Phi) is 2.63. The van der Waals surface area contributed by atoms with Crippen LogP contribution in [0, 0.1) is 0 Å². The van der Waals surface area contributed by atoms with Crippen LogP contribution >= 0.6 is 0 Å². The molecular weight excluding hydrogens is 166 g/mol. The normalized spacial score (nSPS) is 23.7. The van der Waals surface area contributed by atoms with Gasteiger partial charge in [0.05, 0.1) is 0 Å². The third-order valence-electron chi connectivity index (χ3n) is 2.83. The molecule has 76 valence electrons. The Bertz CT molecular complexity index is 213. The van der Waals surface area contributed by atoms with E-state index >= 15 is 0 Å². The maximum atomic E-state index is 11.2. The van der Waals surface area contributed by atoms with Crippen molar-refractivity contribution in [2.24, 2.45) is 5.73 Å².